The molecule has 0 amide bonds. The molecule has 1 atom stereocenters. The molecular weight excluding hydrogens is 214 g/mol. The Labute approximate surface area is 90.1 Å². The minimum Gasteiger partial charge on any atom is -0.497 e. The lowest BCUT2D eigenvalue weighted by Gasteiger charge is -2.11. The van der Waals surface area contributed by atoms with Crippen LogP contribution in [-0.2, 0) is 10.0 Å². The van der Waals surface area contributed by atoms with E-state index in [1.165, 1.54) is 0 Å². The van der Waals surface area contributed by atoms with Gasteiger partial charge in [0.15, 0.2) is 0 Å². The SMILES string of the molecule is COc1cccc(C(C)CS(N)(=O)=O)c1. The normalized spacial score (nSPS) is 13.5. The molecule has 0 bridgehead atoms. The minimum absolute atomic E-state index is 0.0554. The molecular formula is C10H15NO3S. The molecule has 0 aromatic heterocycles. The third kappa shape index (κ3) is 3.89. The molecule has 0 aliphatic carbocycles. The van der Waals surface area contributed by atoms with Gasteiger partial charge in [0.25, 0.3) is 0 Å². The number of nitrogens with two attached hydrogens (primary N) is 1. The zero-order valence-corrected chi connectivity index (χ0v) is 9.62. The maximum atomic E-state index is 10.9. The Bertz CT molecular complexity index is 428. The molecule has 15 heavy (non-hydrogen) atoms. The van der Waals surface area contributed by atoms with Gasteiger partial charge in [-0.15, -0.1) is 0 Å². The van der Waals surface area contributed by atoms with Crippen molar-refractivity contribution in [1.29, 1.82) is 0 Å². The monoisotopic (exact) mass is 229 g/mol. The summed E-state index contributed by atoms with van der Waals surface area (Å²) in [6.45, 7) is 1.82. The van der Waals surface area contributed by atoms with Gasteiger partial charge in [0.2, 0.25) is 10.0 Å². The number of ether oxygens (including phenoxy) is 1. The van der Waals surface area contributed by atoms with Crippen LogP contribution in [0.3, 0.4) is 0 Å². The molecule has 0 aliphatic heterocycles. The van der Waals surface area contributed by atoms with Crippen molar-refractivity contribution in [2.45, 2.75) is 12.8 Å². The van der Waals surface area contributed by atoms with Crippen LogP contribution in [0, 0.1) is 0 Å². The van der Waals surface area contributed by atoms with Crippen molar-refractivity contribution in [3.05, 3.63) is 29.8 Å². The van der Waals surface area contributed by atoms with E-state index in [2.05, 4.69) is 0 Å². The number of sulfonamides is 1. The van der Waals surface area contributed by atoms with E-state index in [4.69, 9.17) is 9.88 Å². The second kappa shape index (κ2) is 4.63. The second-order valence-corrected chi connectivity index (χ2v) is 5.17. The lowest BCUT2D eigenvalue weighted by molar-refractivity contribution is 0.414. The van der Waals surface area contributed by atoms with Crippen LogP contribution < -0.4 is 9.88 Å². The molecule has 5 heteroatoms. The predicted molar refractivity (Wildman–Crippen MR) is 59.4 cm³/mol. The number of hydrogen-bond donors (Lipinski definition) is 1. The number of benzene rings is 1. The molecule has 0 heterocycles. The smallest absolute Gasteiger partial charge is 0.209 e. The van der Waals surface area contributed by atoms with Gasteiger partial charge in [-0.05, 0) is 23.6 Å². The van der Waals surface area contributed by atoms with Crippen LogP contribution in [0.5, 0.6) is 5.75 Å². The first-order valence-electron chi connectivity index (χ1n) is 4.57. The number of rotatable bonds is 4. The molecule has 4 nitrogen and oxygen atoms in total. The molecule has 1 unspecified atom stereocenters. The van der Waals surface area contributed by atoms with E-state index in [0.29, 0.717) is 5.75 Å². The Kier molecular flexibility index (Phi) is 3.71. The Morgan fingerprint density at radius 3 is 2.67 bits per heavy atom. The highest BCUT2D eigenvalue weighted by Crippen LogP contribution is 2.21. The van der Waals surface area contributed by atoms with E-state index >= 15 is 0 Å². The van der Waals surface area contributed by atoms with Gasteiger partial charge >= 0.3 is 0 Å². The van der Waals surface area contributed by atoms with Crippen molar-refractivity contribution in [2.24, 2.45) is 5.14 Å². The average molecular weight is 229 g/mol. The molecule has 0 spiro atoms. The molecule has 0 fully saturated rings. The Morgan fingerprint density at radius 1 is 1.47 bits per heavy atom. The highest BCUT2D eigenvalue weighted by Gasteiger charge is 2.13. The third-order valence-electron chi connectivity index (χ3n) is 2.15. The molecule has 0 aliphatic rings. The van der Waals surface area contributed by atoms with Crippen molar-refractivity contribution >= 4 is 10.0 Å². The van der Waals surface area contributed by atoms with Crippen molar-refractivity contribution in [1.82, 2.24) is 0 Å². The summed E-state index contributed by atoms with van der Waals surface area (Å²) in [5.41, 5.74) is 0.906. The van der Waals surface area contributed by atoms with Crippen molar-refractivity contribution in [3.8, 4) is 5.75 Å². The first-order valence-corrected chi connectivity index (χ1v) is 6.28. The Morgan fingerprint density at radius 2 is 2.13 bits per heavy atom. The quantitative estimate of drug-likeness (QED) is 0.840. The molecule has 0 radical (unpaired) electrons. The van der Waals surface area contributed by atoms with E-state index in [-0.39, 0.29) is 11.7 Å². The number of primary sulfonamides is 1. The summed E-state index contributed by atoms with van der Waals surface area (Å²) in [5, 5.41) is 4.99. The van der Waals surface area contributed by atoms with Crippen molar-refractivity contribution in [2.75, 3.05) is 12.9 Å². The van der Waals surface area contributed by atoms with Gasteiger partial charge in [-0.2, -0.15) is 0 Å². The van der Waals surface area contributed by atoms with E-state index in [1.54, 1.807) is 7.11 Å². The first kappa shape index (κ1) is 12.0. The largest absolute Gasteiger partial charge is 0.497 e. The van der Waals surface area contributed by atoms with Crippen LogP contribution in [0.2, 0.25) is 0 Å². The summed E-state index contributed by atoms with van der Waals surface area (Å²) in [6.07, 6.45) is 0. The van der Waals surface area contributed by atoms with E-state index in [0.717, 1.165) is 5.56 Å². The third-order valence-corrected chi connectivity index (χ3v) is 3.11. The van der Waals surface area contributed by atoms with Gasteiger partial charge in [-0.1, -0.05) is 19.1 Å². The molecule has 1 aromatic carbocycles. The highest BCUT2D eigenvalue weighted by atomic mass is 32.2. The van der Waals surface area contributed by atoms with Gasteiger partial charge < -0.3 is 4.74 Å². The fourth-order valence-corrected chi connectivity index (χ4v) is 2.28. The number of methoxy groups -OCH3 is 1. The van der Waals surface area contributed by atoms with Crippen molar-refractivity contribution in [3.63, 3.8) is 0 Å². The van der Waals surface area contributed by atoms with Gasteiger partial charge in [-0.3, -0.25) is 0 Å². The van der Waals surface area contributed by atoms with Crippen LogP contribution in [0.1, 0.15) is 18.4 Å². The summed E-state index contributed by atoms with van der Waals surface area (Å²) >= 11 is 0. The van der Waals surface area contributed by atoms with Crippen LogP contribution >= 0.6 is 0 Å². The van der Waals surface area contributed by atoms with Gasteiger partial charge in [0.05, 0.1) is 12.9 Å². The minimum atomic E-state index is -3.43. The maximum absolute atomic E-state index is 10.9. The Balaban J connectivity index is 2.86. The first-order chi connectivity index (χ1) is 6.92. The zero-order valence-electron chi connectivity index (χ0n) is 8.80. The van der Waals surface area contributed by atoms with Gasteiger partial charge in [-0.25, -0.2) is 13.6 Å². The topological polar surface area (TPSA) is 69.4 Å². The molecule has 0 saturated carbocycles. The van der Waals surface area contributed by atoms with E-state index in [9.17, 15) is 8.42 Å². The molecule has 1 rings (SSSR count). The lowest BCUT2D eigenvalue weighted by atomic mass is 10.0. The summed E-state index contributed by atoms with van der Waals surface area (Å²) in [5.74, 6) is 0.532. The van der Waals surface area contributed by atoms with Crippen LogP contribution in [0.15, 0.2) is 24.3 Å². The standard InChI is InChI=1S/C10H15NO3S/c1-8(7-15(11,12)13)9-4-3-5-10(6-9)14-2/h3-6,8H,7H2,1-2H3,(H2,11,12,13). The highest BCUT2D eigenvalue weighted by molar-refractivity contribution is 7.89. The second-order valence-electron chi connectivity index (χ2n) is 3.51. The van der Waals surface area contributed by atoms with Gasteiger partial charge in [0, 0.05) is 0 Å². The summed E-state index contributed by atoms with van der Waals surface area (Å²) in [6, 6.07) is 7.31. The van der Waals surface area contributed by atoms with Crippen LogP contribution in [0.25, 0.3) is 0 Å². The van der Waals surface area contributed by atoms with Crippen LogP contribution in [-0.4, -0.2) is 21.3 Å². The zero-order chi connectivity index (χ0) is 11.5. The van der Waals surface area contributed by atoms with Crippen LogP contribution in [0.4, 0.5) is 0 Å². The fraction of sp³-hybridized carbons (Fsp3) is 0.400. The predicted octanol–water partition coefficient (Wildman–Crippen LogP) is 1.09. The molecule has 2 N–H and O–H groups in total. The Hall–Kier alpha value is -1.07. The van der Waals surface area contributed by atoms with Crippen molar-refractivity contribution < 1.29 is 13.2 Å². The summed E-state index contributed by atoms with van der Waals surface area (Å²) in [4.78, 5) is 0. The summed E-state index contributed by atoms with van der Waals surface area (Å²) in [7, 11) is -1.86. The van der Waals surface area contributed by atoms with E-state index in [1.807, 2.05) is 31.2 Å². The van der Waals surface area contributed by atoms with Gasteiger partial charge in [0.1, 0.15) is 5.75 Å². The maximum Gasteiger partial charge on any atom is 0.209 e. The average Bonchev–Trinajstić information content (AvgIpc) is 2.15. The number of hydrogen-bond acceptors (Lipinski definition) is 3. The summed E-state index contributed by atoms with van der Waals surface area (Å²) < 4.78 is 26.9. The van der Waals surface area contributed by atoms with E-state index < -0.39 is 10.0 Å². The molecule has 0 saturated heterocycles. The molecule has 84 valence electrons. The molecule has 1 aromatic rings. The fourth-order valence-electron chi connectivity index (χ4n) is 1.39. The lowest BCUT2D eigenvalue weighted by Crippen LogP contribution is -2.20.